The highest BCUT2D eigenvalue weighted by Crippen LogP contribution is 2.19. The molecular formula is C20H20N4O2. The minimum Gasteiger partial charge on any atom is -0.494 e. The first-order valence-electron chi connectivity index (χ1n) is 8.34. The number of amides is 1. The number of ether oxygens (including phenoxy) is 1. The summed E-state index contributed by atoms with van der Waals surface area (Å²) in [6.45, 7) is 2.57. The fourth-order valence-electron chi connectivity index (χ4n) is 2.40. The van der Waals surface area contributed by atoms with Crippen molar-refractivity contribution < 1.29 is 9.53 Å². The summed E-state index contributed by atoms with van der Waals surface area (Å²) in [5, 5.41) is 11.3. The summed E-state index contributed by atoms with van der Waals surface area (Å²) in [5.74, 6) is 1.17. The van der Waals surface area contributed by atoms with Crippen LogP contribution in [-0.2, 0) is 0 Å². The lowest BCUT2D eigenvalue weighted by atomic mass is 10.2. The van der Waals surface area contributed by atoms with Crippen LogP contribution in [0.1, 0.15) is 17.4 Å². The molecule has 0 aliphatic rings. The Morgan fingerprint density at radius 2 is 1.73 bits per heavy atom. The Kier molecular flexibility index (Phi) is 5.43. The Morgan fingerprint density at radius 3 is 2.35 bits per heavy atom. The van der Waals surface area contributed by atoms with Gasteiger partial charge >= 0.3 is 0 Å². The fourth-order valence-corrected chi connectivity index (χ4v) is 2.40. The Morgan fingerprint density at radius 1 is 1.00 bits per heavy atom. The average Bonchev–Trinajstić information content (AvgIpc) is 2.70. The van der Waals surface area contributed by atoms with Crippen LogP contribution in [0.5, 0.6) is 5.75 Å². The van der Waals surface area contributed by atoms with Gasteiger partial charge in [-0.3, -0.25) is 4.79 Å². The molecule has 0 aliphatic carbocycles. The number of rotatable bonds is 6. The molecule has 1 amide bonds. The van der Waals surface area contributed by atoms with Crippen LogP contribution in [-0.4, -0.2) is 29.8 Å². The number of hydrogen-bond donors (Lipinski definition) is 1. The molecule has 2 aromatic carbocycles. The van der Waals surface area contributed by atoms with Crippen molar-refractivity contribution in [2.75, 3.05) is 23.9 Å². The third-order valence-corrected chi connectivity index (χ3v) is 3.77. The van der Waals surface area contributed by atoms with Gasteiger partial charge in [-0.15, -0.1) is 10.2 Å². The van der Waals surface area contributed by atoms with Gasteiger partial charge in [0.1, 0.15) is 5.75 Å². The molecule has 0 unspecified atom stereocenters. The number of benzene rings is 2. The normalized spacial score (nSPS) is 10.2. The van der Waals surface area contributed by atoms with Crippen LogP contribution in [0.4, 0.5) is 17.2 Å². The summed E-state index contributed by atoms with van der Waals surface area (Å²) in [6, 6.07) is 20.4. The van der Waals surface area contributed by atoms with Crippen LogP contribution in [0, 0.1) is 0 Å². The topological polar surface area (TPSA) is 67.3 Å². The summed E-state index contributed by atoms with van der Waals surface area (Å²) < 4.78 is 5.41. The molecule has 1 N–H and O–H groups in total. The lowest BCUT2D eigenvalue weighted by molar-refractivity contribution is 0.0987. The number of hydrogen-bond acceptors (Lipinski definition) is 5. The van der Waals surface area contributed by atoms with E-state index in [-0.39, 0.29) is 11.6 Å². The van der Waals surface area contributed by atoms with E-state index < -0.39 is 0 Å². The zero-order valence-corrected chi connectivity index (χ0v) is 14.7. The number of carbonyl (C=O) groups excluding carboxylic acids is 1. The maximum Gasteiger partial charge on any atom is 0.278 e. The SMILES string of the molecule is CCOc1ccc(Nc2ccc(C(=O)N(C)c3ccccc3)nn2)cc1. The van der Waals surface area contributed by atoms with Crippen LogP contribution in [0.2, 0.25) is 0 Å². The average molecular weight is 348 g/mol. The summed E-state index contributed by atoms with van der Waals surface area (Å²) in [4.78, 5) is 14.0. The van der Waals surface area contributed by atoms with Gasteiger partial charge in [-0.2, -0.15) is 0 Å². The van der Waals surface area contributed by atoms with E-state index in [0.29, 0.717) is 12.4 Å². The first-order chi connectivity index (χ1) is 12.7. The molecule has 6 nitrogen and oxygen atoms in total. The maximum absolute atomic E-state index is 12.5. The second-order valence-electron chi connectivity index (χ2n) is 5.59. The van der Waals surface area contributed by atoms with E-state index >= 15 is 0 Å². The van der Waals surface area contributed by atoms with Crippen LogP contribution >= 0.6 is 0 Å². The first-order valence-corrected chi connectivity index (χ1v) is 8.34. The zero-order valence-electron chi connectivity index (χ0n) is 14.7. The van der Waals surface area contributed by atoms with Crippen LogP contribution in [0.25, 0.3) is 0 Å². The van der Waals surface area contributed by atoms with Crippen LogP contribution in [0.3, 0.4) is 0 Å². The number of nitrogens with zero attached hydrogens (tertiary/aromatic N) is 3. The number of carbonyl (C=O) groups is 1. The quantitative estimate of drug-likeness (QED) is 0.732. The molecule has 132 valence electrons. The zero-order chi connectivity index (χ0) is 18.4. The van der Waals surface area contributed by atoms with Crippen molar-refractivity contribution in [2.45, 2.75) is 6.92 Å². The number of para-hydroxylation sites is 1. The molecule has 1 heterocycles. The second kappa shape index (κ2) is 8.11. The van der Waals surface area contributed by atoms with Crippen molar-refractivity contribution in [3.8, 4) is 5.75 Å². The van der Waals surface area contributed by atoms with Gasteiger partial charge in [0, 0.05) is 18.4 Å². The predicted molar refractivity (Wildman–Crippen MR) is 102 cm³/mol. The number of anilines is 3. The van der Waals surface area contributed by atoms with Gasteiger partial charge in [-0.1, -0.05) is 18.2 Å². The molecular weight excluding hydrogens is 328 g/mol. The highest BCUT2D eigenvalue weighted by Gasteiger charge is 2.15. The van der Waals surface area contributed by atoms with Crippen LogP contribution in [0.15, 0.2) is 66.7 Å². The maximum atomic E-state index is 12.5. The van der Waals surface area contributed by atoms with E-state index in [1.165, 1.54) is 0 Å². The van der Waals surface area contributed by atoms with Gasteiger partial charge in [-0.25, -0.2) is 0 Å². The molecule has 0 atom stereocenters. The lowest BCUT2D eigenvalue weighted by Crippen LogP contribution is -2.27. The standard InChI is InChI=1S/C20H20N4O2/c1-3-26-17-11-9-15(10-12-17)21-19-14-13-18(22-23-19)20(25)24(2)16-7-5-4-6-8-16/h4-14H,3H2,1-2H3,(H,21,23). The smallest absolute Gasteiger partial charge is 0.278 e. The molecule has 3 aromatic rings. The summed E-state index contributed by atoms with van der Waals surface area (Å²) in [6.07, 6.45) is 0. The van der Waals surface area contributed by atoms with Crippen molar-refractivity contribution in [1.82, 2.24) is 10.2 Å². The van der Waals surface area contributed by atoms with E-state index in [1.54, 1.807) is 24.1 Å². The Hall–Kier alpha value is -3.41. The second-order valence-corrected chi connectivity index (χ2v) is 5.59. The Balaban J connectivity index is 1.67. The van der Waals surface area contributed by atoms with Crippen molar-refractivity contribution in [3.63, 3.8) is 0 Å². The minimum atomic E-state index is -0.212. The summed E-state index contributed by atoms with van der Waals surface area (Å²) in [5.41, 5.74) is 1.95. The van der Waals surface area contributed by atoms with Crippen molar-refractivity contribution in [2.24, 2.45) is 0 Å². The minimum absolute atomic E-state index is 0.212. The van der Waals surface area contributed by atoms with E-state index in [0.717, 1.165) is 17.1 Å². The fraction of sp³-hybridized carbons (Fsp3) is 0.150. The third kappa shape index (κ3) is 4.16. The largest absolute Gasteiger partial charge is 0.494 e. The van der Waals surface area contributed by atoms with E-state index in [2.05, 4.69) is 15.5 Å². The molecule has 0 fully saturated rings. The summed E-state index contributed by atoms with van der Waals surface area (Å²) in [7, 11) is 1.71. The predicted octanol–water partition coefficient (Wildman–Crippen LogP) is 3.90. The molecule has 0 saturated heterocycles. The van der Waals surface area contributed by atoms with Crippen molar-refractivity contribution >= 4 is 23.1 Å². The molecule has 0 aliphatic heterocycles. The monoisotopic (exact) mass is 348 g/mol. The van der Waals surface area contributed by atoms with Gasteiger partial charge in [0.2, 0.25) is 0 Å². The molecule has 0 spiro atoms. The Bertz CT molecular complexity index is 849. The molecule has 0 saturated carbocycles. The van der Waals surface area contributed by atoms with Crippen molar-refractivity contribution in [3.05, 3.63) is 72.4 Å². The molecule has 0 bridgehead atoms. The molecule has 26 heavy (non-hydrogen) atoms. The number of nitrogens with one attached hydrogen (secondary N) is 1. The van der Waals surface area contributed by atoms with Gasteiger partial charge < -0.3 is 15.0 Å². The van der Waals surface area contributed by atoms with E-state index in [4.69, 9.17) is 4.74 Å². The molecule has 0 radical (unpaired) electrons. The third-order valence-electron chi connectivity index (χ3n) is 3.77. The highest BCUT2D eigenvalue weighted by atomic mass is 16.5. The first kappa shape index (κ1) is 17.4. The van der Waals surface area contributed by atoms with Gasteiger partial charge in [0.05, 0.1) is 6.61 Å². The summed E-state index contributed by atoms with van der Waals surface area (Å²) >= 11 is 0. The van der Waals surface area contributed by atoms with Gasteiger partial charge in [0.25, 0.3) is 5.91 Å². The highest BCUT2D eigenvalue weighted by molar-refractivity contribution is 6.04. The van der Waals surface area contributed by atoms with E-state index in [1.807, 2.05) is 61.5 Å². The van der Waals surface area contributed by atoms with Gasteiger partial charge in [0.15, 0.2) is 11.5 Å². The van der Waals surface area contributed by atoms with E-state index in [9.17, 15) is 4.79 Å². The lowest BCUT2D eigenvalue weighted by Gasteiger charge is -2.16. The molecule has 6 heteroatoms. The molecule has 3 rings (SSSR count). The van der Waals surface area contributed by atoms with Crippen molar-refractivity contribution in [1.29, 1.82) is 0 Å². The molecule has 1 aromatic heterocycles. The van der Waals surface area contributed by atoms with Gasteiger partial charge in [-0.05, 0) is 55.5 Å². The number of aromatic nitrogens is 2. The van der Waals surface area contributed by atoms with Crippen LogP contribution < -0.4 is 15.0 Å². The Labute approximate surface area is 152 Å².